The van der Waals surface area contributed by atoms with Gasteiger partial charge in [-0.15, -0.1) is 11.3 Å². The van der Waals surface area contributed by atoms with Crippen molar-refractivity contribution < 1.29 is 5.11 Å². The topological polar surface area (TPSA) is 32.6 Å². The van der Waals surface area contributed by atoms with Gasteiger partial charge >= 0.3 is 0 Å². The number of aromatic hydroxyl groups is 1. The number of aliphatic imine (C=N–C) groups is 1. The summed E-state index contributed by atoms with van der Waals surface area (Å²) in [6, 6.07) is 9.39. The van der Waals surface area contributed by atoms with E-state index >= 15 is 0 Å². The first-order chi connectivity index (χ1) is 8.74. The smallest absolute Gasteiger partial charge is 0.115 e. The molecule has 1 unspecified atom stereocenters. The number of hydrogen-bond acceptors (Lipinski definition) is 3. The Balaban J connectivity index is 1.88. The lowest BCUT2D eigenvalue weighted by atomic mass is 10.0. The van der Waals surface area contributed by atoms with Gasteiger partial charge in [-0.3, -0.25) is 4.99 Å². The van der Waals surface area contributed by atoms with Crippen LogP contribution in [0.25, 0.3) is 0 Å². The van der Waals surface area contributed by atoms with Crippen LogP contribution in [0, 0.1) is 0 Å². The molecule has 2 nitrogen and oxygen atoms in total. The van der Waals surface area contributed by atoms with E-state index < -0.39 is 0 Å². The second kappa shape index (κ2) is 4.75. The second-order valence-corrected chi connectivity index (χ2v) is 5.64. The minimum atomic E-state index is 0.193. The summed E-state index contributed by atoms with van der Waals surface area (Å²) in [5, 5.41) is 12.1. The van der Waals surface area contributed by atoms with Gasteiger partial charge in [-0.05, 0) is 42.0 Å². The molecule has 2 aromatic rings. The van der Waals surface area contributed by atoms with E-state index in [1.807, 2.05) is 23.6 Å². The number of phenolic OH excluding ortho intramolecular Hbond substituents is 1. The van der Waals surface area contributed by atoms with Gasteiger partial charge in [-0.25, -0.2) is 0 Å². The molecular weight excluding hydrogens is 266 g/mol. The van der Waals surface area contributed by atoms with Gasteiger partial charge in [0.1, 0.15) is 5.75 Å². The third kappa shape index (κ3) is 2.16. The Kier molecular flexibility index (Phi) is 3.10. The maximum absolute atomic E-state index is 9.29. The summed E-state index contributed by atoms with van der Waals surface area (Å²) in [5.41, 5.74) is 2.25. The lowest BCUT2D eigenvalue weighted by Gasteiger charge is -2.06. The first-order valence-corrected chi connectivity index (χ1v) is 7.09. The molecule has 1 aromatic heterocycles. The first-order valence-electron chi connectivity index (χ1n) is 5.83. The predicted molar refractivity (Wildman–Crippen MR) is 75.9 cm³/mol. The van der Waals surface area contributed by atoms with Crippen LogP contribution in [0.2, 0.25) is 5.02 Å². The molecule has 0 saturated carbocycles. The summed E-state index contributed by atoms with van der Waals surface area (Å²) in [6.45, 7) is 0. The molecule has 1 aliphatic heterocycles. The monoisotopic (exact) mass is 277 g/mol. The van der Waals surface area contributed by atoms with Crippen LogP contribution in [0.3, 0.4) is 0 Å². The van der Waals surface area contributed by atoms with Crippen molar-refractivity contribution in [1.29, 1.82) is 0 Å². The Hall–Kier alpha value is -1.32. The fraction of sp³-hybridized carbons (Fsp3) is 0.214. The summed E-state index contributed by atoms with van der Waals surface area (Å²) in [6.07, 6.45) is 1.97. The number of nitrogens with zero attached hydrogens (tertiary/aromatic N) is 1. The van der Waals surface area contributed by atoms with Crippen molar-refractivity contribution in [2.24, 2.45) is 4.99 Å². The number of rotatable bonds is 2. The van der Waals surface area contributed by atoms with Gasteiger partial charge in [-0.2, -0.15) is 0 Å². The van der Waals surface area contributed by atoms with Crippen LogP contribution in [0.4, 0.5) is 0 Å². The van der Waals surface area contributed by atoms with Crippen molar-refractivity contribution in [2.45, 2.75) is 18.9 Å². The molecule has 1 N–H and O–H groups in total. The van der Waals surface area contributed by atoms with Gasteiger partial charge < -0.3 is 5.11 Å². The molecule has 0 aliphatic carbocycles. The van der Waals surface area contributed by atoms with E-state index in [9.17, 15) is 5.11 Å². The summed E-state index contributed by atoms with van der Waals surface area (Å²) in [4.78, 5) is 5.85. The van der Waals surface area contributed by atoms with Crippen molar-refractivity contribution in [3.8, 4) is 5.75 Å². The molecule has 0 fully saturated rings. The average Bonchev–Trinajstić information content (AvgIpc) is 2.98. The molecule has 0 bridgehead atoms. The van der Waals surface area contributed by atoms with Crippen LogP contribution in [-0.4, -0.2) is 10.8 Å². The van der Waals surface area contributed by atoms with Crippen LogP contribution in [0.15, 0.2) is 40.7 Å². The highest BCUT2D eigenvalue weighted by molar-refractivity contribution is 7.12. The zero-order chi connectivity index (χ0) is 12.5. The van der Waals surface area contributed by atoms with Gasteiger partial charge in [0.2, 0.25) is 0 Å². The summed E-state index contributed by atoms with van der Waals surface area (Å²) >= 11 is 7.77. The SMILES string of the molecule is Oc1ccc(C2CCC(c3sccc3Cl)=N2)cc1. The minimum Gasteiger partial charge on any atom is -0.508 e. The van der Waals surface area contributed by atoms with Crippen LogP contribution >= 0.6 is 22.9 Å². The molecule has 1 aromatic carbocycles. The van der Waals surface area contributed by atoms with Crippen molar-refractivity contribution in [1.82, 2.24) is 0 Å². The Morgan fingerprint density at radius 2 is 2.00 bits per heavy atom. The average molecular weight is 278 g/mol. The Morgan fingerprint density at radius 3 is 2.67 bits per heavy atom. The van der Waals surface area contributed by atoms with Crippen LogP contribution in [0.1, 0.15) is 29.3 Å². The Bertz CT molecular complexity index is 588. The molecule has 92 valence electrons. The fourth-order valence-corrected chi connectivity index (χ4v) is 3.39. The first kappa shape index (κ1) is 11.8. The summed E-state index contributed by atoms with van der Waals surface area (Å²) in [5.74, 6) is 0.294. The second-order valence-electron chi connectivity index (χ2n) is 4.32. The molecule has 0 radical (unpaired) electrons. The standard InChI is InChI=1S/C14H12ClNOS/c15-11-7-8-18-14(11)13-6-5-12(16-13)9-1-3-10(17)4-2-9/h1-4,7-8,12,17H,5-6H2. The number of hydrogen-bond donors (Lipinski definition) is 1. The molecule has 18 heavy (non-hydrogen) atoms. The van der Waals surface area contributed by atoms with Crippen molar-refractivity contribution in [3.63, 3.8) is 0 Å². The molecule has 3 rings (SSSR count). The largest absolute Gasteiger partial charge is 0.508 e. The zero-order valence-electron chi connectivity index (χ0n) is 9.64. The van der Waals surface area contributed by atoms with Gasteiger partial charge in [0.25, 0.3) is 0 Å². The van der Waals surface area contributed by atoms with E-state index in [4.69, 9.17) is 16.6 Å². The summed E-state index contributed by atoms with van der Waals surface area (Å²) < 4.78 is 0. The molecule has 0 saturated heterocycles. The Morgan fingerprint density at radius 1 is 1.22 bits per heavy atom. The van der Waals surface area contributed by atoms with Crippen LogP contribution in [-0.2, 0) is 0 Å². The molecule has 0 spiro atoms. The zero-order valence-corrected chi connectivity index (χ0v) is 11.2. The molecule has 4 heteroatoms. The summed E-state index contributed by atoms with van der Waals surface area (Å²) in [7, 11) is 0. The lowest BCUT2D eigenvalue weighted by Crippen LogP contribution is -1.91. The van der Waals surface area contributed by atoms with E-state index in [-0.39, 0.29) is 6.04 Å². The lowest BCUT2D eigenvalue weighted by molar-refractivity contribution is 0.475. The number of halogens is 1. The fourth-order valence-electron chi connectivity index (χ4n) is 2.20. The number of thiophene rings is 1. The van der Waals surface area contributed by atoms with Gasteiger partial charge in [-0.1, -0.05) is 23.7 Å². The molecule has 2 heterocycles. The number of benzene rings is 1. The van der Waals surface area contributed by atoms with E-state index in [0.717, 1.165) is 34.0 Å². The minimum absolute atomic E-state index is 0.193. The molecular formula is C14H12ClNOS. The third-order valence-corrected chi connectivity index (χ3v) is 4.51. The van der Waals surface area contributed by atoms with Crippen LogP contribution in [0.5, 0.6) is 5.75 Å². The quantitative estimate of drug-likeness (QED) is 0.865. The maximum Gasteiger partial charge on any atom is 0.115 e. The molecule has 0 amide bonds. The van der Waals surface area contributed by atoms with Crippen LogP contribution < -0.4 is 0 Å². The molecule has 1 aliphatic rings. The van der Waals surface area contributed by atoms with E-state index in [2.05, 4.69) is 0 Å². The van der Waals surface area contributed by atoms with E-state index in [0.29, 0.717) is 5.75 Å². The van der Waals surface area contributed by atoms with Crippen molar-refractivity contribution in [3.05, 3.63) is 51.2 Å². The maximum atomic E-state index is 9.29. The third-order valence-electron chi connectivity index (χ3n) is 3.12. The van der Waals surface area contributed by atoms with Gasteiger partial charge in [0.05, 0.1) is 21.7 Å². The highest BCUT2D eigenvalue weighted by Crippen LogP contribution is 2.35. The van der Waals surface area contributed by atoms with Crippen molar-refractivity contribution >= 4 is 28.6 Å². The Labute approximate surface area is 115 Å². The molecule has 1 atom stereocenters. The predicted octanol–water partition coefficient (Wildman–Crippen LogP) is 4.43. The van der Waals surface area contributed by atoms with Gasteiger partial charge in [0.15, 0.2) is 0 Å². The normalized spacial score (nSPS) is 18.9. The van der Waals surface area contributed by atoms with Crippen molar-refractivity contribution in [2.75, 3.05) is 0 Å². The van der Waals surface area contributed by atoms with Gasteiger partial charge in [0, 0.05) is 0 Å². The highest BCUT2D eigenvalue weighted by Gasteiger charge is 2.22. The van der Waals surface area contributed by atoms with E-state index in [1.54, 1.807) is 23.5 Å². The highest BCUT2D eigenvalue weighted by atomic mass is 35.5. The van der Waals surface area contributed by atoms with E-state index in [1.165, 1.54) is 0 Å². The number of phenols is 1.